The Bertz CT molecular complexity index is 443. The van der Waals surface area contributed by atoms with Crippen LogP contribution in [0.5, 0.6) is 5.75 Å². The maximum absolute atomic E-state index is 13.6. The first-order chi connectivity index (χ1) is 8.29. The highest BCUT2D eigenvalue weighted by molar-refractivity contribution is 6.19. The average Bonchev–Trinajstić information content (AvgIpc) is 2.26. The van der Waals surface area contributed by atoms with Crippen molar-refractivity contribution in [3.8, 4) is 17.6 Å². The van der Waals surface area contributed by atoms with Crippen molar-refractivity contribution in [1.29, 1.82) is 0 Å². The average molecular weight is 253 g/mol. The summed E-state index contributed by atoms with van der Waals surface area (Å²) >= 11 is 5.42. The highest BCUT2D eigenvalue weighted by atomic mass is 35.5. The van der Waals surface area contributed by atoms with Gasteiger partial charge in [-0.1, -0.05) is 18.3 Å². The maximum atomic E-state index is 13.6. The molecular weight excluding hydrogens is 239 g/mol. The number of hydrogen-bond acceptors (Lipinski definition) is 1. The summed E-state index contributed by atoms with van der Waals surface area (Å²) < 4.78 is 19.1. The number of rotatable bonds is 3. The Hall–Kier alpha value is -1.20. The Labute approximate surface area is 106 Å². The second kappa shape index (κ2) is 5.93. The molecule has 90 valence electrons. The first kappa shape index (κ1) is 12.3. The summed E-state index contributed by atoms with van der Waals surface area (Å²) in [4.78, 5) is 0. The van der Waals surface area contributed by atoms with Gasteiger partial charge in [0.05, 0.1) is 18.1 Å². The van der Waals surface area contributed by atoms with Gasteiger partial charge in [0, 0.05) is 6.07 Å². The quantitative estimate of drug-likeness (QED) is 0.590. The Morgan fingerprint density at radius 3 is 2.82 bits per heavy atom. The zero-order valence-corrected chi connectivity index (χ0v) is 10.3. The van der Waals surface area contributed by atoms with Crippen LogP contribution in [0.15, 0.2) is 18.2 Å². The van der Waals surface area contributed by atoms with Crippen LogP contribution in [-0.2, 0) is 0 Å². The van der Waals surface area contributed by atoms with Gasteiger partial charge in [-0.05, 0) is 30.9 Å². The topological polar surface area (TPSA) is 9.23 Å². The molecule has 0 atom stereocenters. The fraction of sp³-hybridized carbons (Fsp3) is 0.429. The lowest BCUT2D eigenvalue weighted by molar-refractivity contribution is 0.180. The maximum Gasteiger partial charge on any atom is 0.142 e. The van der Waals surface area contributed by atoms with E-state index in [1.54, 1.807) is 12.1 Å². The molecule has 0 unspecified atom stereocenters. The molecule has 0 saturated heterocycles. The SMILES string of the molecule is Fc1cc(OCC2CCC2)ccc1C#CCCl. The molecule has 2 rings (SSSR count). The molecule has 0 aromatic heterocycles. The van der Waals surface area contributed by atoms with Gasteiger partial charge in [0.1, 0.15) is 11.6 Å². The molecule has 0 N–H and O–H groups in total. The highest BCUT2D eigenvalue weighted by Gasteiger charge is 2.17. The standard InChI is InChI=1S/C14H14ClFO/c15-8-2-5-12-6-7-13(9-14(12)16)17-10-11-3-1-4-11/h6-7,9,11H,1,3-4,8,10H2. The Morgan fingerprint density at radius 1 is 1.41 bits per heavy atom. The van der Waals surface area contributed by atoms with Crippen molar-refractivity contribution in [2.45, 2.75) is 19.3 Å². The minimum atomic E-state index is -0.353. The molecule has 0 radical (unpaired) electrons. The molecule has 0 amide bonds. The van der Waals surface area contributed by atoms with Crippen LogP contribution in [0.3, 0.4) is 0 Å². The largest absolute Gasteiger partial charge is 0.493 e. The van der Waals surface area contributed by atoms with Crippen LogP contribution in [-0.4, -0.2) is 12.5 Å². The molecule has 0 spiro atoms. The monoisotopic (exact) mass is 252 g/mol. The van der Waals surface area contributed by atoms with Crippen LogP contribution in [0.2, 0.25) is 0 Å². The van der Waals surface area contributed by atoms with E-state index in [1.807, 2.05) is 0 Å². The van der Waals surface area contributed by atoms with Crippen LogP contribution in [0.25, 0.3) is 0 Å². The predicted molar refractivity (Wildman–Crippen MR) is 66.8 cm³/mol. The molecule has 3 heteroatoms. The summed E-state index contributed by atoms with van der Waals surface area (Å²) in [6, 6.07) is 4.77. The number of alkyl halides is 1. The van der Waals surface area contributed by atoms with E-state index < -0.39 is 0 Å². The van der Waals surface area contributed by atoms with Gasteiger partial charge in [-0.2, -0.15) is 0 Å². The van der Waals surface area contributed by atoms with Crippen LogP contribution in [0, 0.1) is 23.6 Å². The van der Waals surface area contributed by atoms with Gasteiger partial charge >= 0.3 is 0 Å². The van der Waals surface area contributed by atoms with Crippen molar-refractivity contribution in [3.63, 3.8) is 0 Å². The van der Waals surface area contributed by atoms with E-state index in [0.717, 1.165) is 0 Å². The number of hydrogen-bond donors (Lipinski definition) is 0. The van der Waals surface area contributed by atoms with Crippen molar-refractivity contribution in [3.05, 3.63) is 29.6 Å². The molecule has 1 aliphatic carbocycles. The summed E-state index contributed by atoms with van der Waals surface area (Å²) in [7, 11) is 0. The van der Waals surface area contributed by atoms with E-state index in [2.05, 4.69) is 11.8 Å². The van der Waals surface area contributed by atoms with Gasteiger partial charge in [0.25, 0.3) is 0 Å². The summed E-state index contributed by atoms with van der Waals surface area (Å²) in [5, 5.41) is 0. The number of benzene rings is 1. The van der Waals surface area contributed by atoms with Crippen LogP contribution >= 0.6 is 11.6 Å². The summed E-state index contributed by atoms with van der Waals surface area (Å²) in [6.45, 7) is 0.687. The van der Waals surface area contributed by atoms with Crippen molar-refractivity contribution in [2.75, 3.05) is 12.5 Å². The summed E-state index contributed by atoms with van der Waals surface area (Å²) in [5.74, 6) is 6.37. The Morgan fingerprint density at radius 2 is 2.24 bits per heavy atom. The third-order valence-corrected chi connectivity index (χ3v) is 3.07. The Kier molecular flexibility index (Phi) is 4.28. The van der Waals surface area contributed by atoms with Gasteiger partial charge in [0.2, 0.25) is 0 Å². The van der Waals surface area contributed by atoms with Crippen LogP contribution in [0.4, 0.5) is 4.39 Å². The fourth-order valence-electron chi connectivity index (χ4n) is 1.69. The lowest BCUT2D eigenvalue weighted by Gasteiger charge is -2.25. The molecule has 1 saturated carbocycles. The van der Waals surface area contributed by atoms with Gasteiger partial charge in [-0.3, -0.25) is 0 Å². The molecular formula is C14H14ClFO. The first-order valence-corrected chi connectivity index (χ1v) is 6.30. The number of halogens is 2. The van der Waals surface area contributed by atoms with Crippen molar-refractivity contribution >= 4 is 11.6 Å². The molecule has 1 nitrogen and oxygen atoms in total. The molecule has 0 heterocycles. The predicted octanol–water partition coefficient (Wildman–Crippen LogP) is 3.59. The molecule has 17 heavy (non-hydrogen) atoms. The Balaban J connectivity index is 1.97. The molecule has 0 bridgehead atoms. The van der Waals surface area contributed by atoms with E-state index in [0.29, 0.717) is 23.8 Å². The van der Waals surface area contributed by atoms with Crippen LogP contribution in [0.1, 0.15) is 24.8 Å². The van der Waals surface area contributed by atoms with Crippen molar-refractivity contribution in [1.82, 2.24) is 0 Å². The third kappa shape index (κ3) is 3.38. The summed E-state index contributed by atoms with van der Waals surface area (Å²) in [6.07, 6.45) is 3.73. The van der Waals surface area contributed by atoms with Crippen LogP contribution < -0.4 is 4.74 Å². The van der Waals surface area contributed by atoms with Gasteiger partial charge in [0.15, 0.2) is 0 Å². The van der Waals surface area contributed by atoms with Gasteiger partial charge in [-0.25, -0.2) is 4.39 Å². The van der Waals surface area contributed by atoms with E-state index in [9.17, 15) is 4.39 Å². The zero-order valence-electron chi connectivity index (χ0n) is 9.51. The van der Waals surface area contributed by atoms with E-state index in [-0.39, 0.29) is 11.7 Å². The molecule has 1 fully saturated rings. The second-order valence-electron chi connectivity index (χ2n) is 4.18. The smallest absolute Gasteiger partial charge is 0.142 e. The lowest BCUT2D eigenvalue weighted by Crippen LogP contribution is -2.19. The molecule has 0 aliphatic heterocycles. The van der Waals surface area contributed by atoms with E-state index in [4.69, 9.17) is 16.3 Å². The lowest BCUT2D eigenvalue weighted by atomic mass is 9.86. The van der Waals surface area contributed by atoms with Crippen molar-refractivity contribution < 1.29 is 9.13 Å². The molecule has 1 aromatic carbocycles. The second-order valence-corrected chi connectivity index (χ2v) is 4.45. The summed E-state index contributed by atoms with van der Waals surface area (Å²) in [5.41, 5.74) is 0.363. The first-order valence-electron chi connectivity index (χ1n) is 5.77. The highest BCUT2D eigenvalue weighted by Crippen LogP contribution is 2.27. The minimum Gasteiger partial charge on any atom is -0.493 e. The molecule has 1 aromatic rings. The zero-order chi connectivity index (χ0) is 12.1. The van der Waals surface area contributed by atoms with E-state index in [1.165, 1.54) is 25.3 Å². The fourth-order valence-corrected chi connectivity index (χ4v) is 1.76. The van der Waals surface area contributed by atoms with E-state index >= 15 is 0 Å². The van der Waals surface area contributed by atoms with Gasteiger partial charge < -0.3 is 4.74 Å². The number of ether oxygens (including phenoxy) is 1. The molecule has 1 aliphatic rings. The minimum absolute atomic E-state index is 0.208. The van der Waals surface area contributed by atoms with Crippen molar-refractivity contribution in [2.24, 2.45) is 5.92 Å². The van der Waals surface area contributed by atoms with Gasteiger partial charge in [-0.15, -0.1) is 11.6 Å². The normalized spacial score (nSPS) is 14.7. The third-order valence-electron chi connectivity index (χ3n) is 2.94.